The van der Waals surface area contributed by atoms with Gasteiger partial charge in [-0.25, -0.2) is 15.0 Å². The van der Waals surface area contributed by atoms with Crippen LogP contribution in [-0.4, -0.2) is 19.5 Å². The molecule has 0 bridgehead atoms. The zero-order valence-electron chi connectivity index (χ0n) is 31.2. The van der Waals surface area contributed by atoms with Gasteiger partial charge in [0.05, 0.1) is 16.6 Å². The maximum atomic E-state index is 6.68. The summed E-state index contributed by atoms with van der Waals surface area (Å²) in [4.78, 5) is 14.9. The Morgan fingerprint density at radius 1 is 0.379 bits per heavy atom. The van der Waals surface area contributed by atoms with Crippen molar-refractivity contribution in [1.29, 1.82) is 0 Å². The molecular weight excluding hydrogens is 709 g/mol. The van der Waals surface area contributed by atoms with Gasteiger partial charge in [-0.05, 0) is 67.7 Å². The van der Waals surface area contributed by atoms with E-state index in [4.69, 9.17) is 19.4 Å². The topological polar surface area (TPSA) is 56.7 Å². The fourth-order valence-electron chi connectivity index (χ4n) is 8.80. The van der Waals surface area contributed by atoms with Gasteiger partial charge < -0.3 is 4.42 Å². The Labute approximate surface area is 333 Å². The van der Waals surface area contributed by atoms with E-state index in [2.05, 4.69) is 174 Å². The lowest BCUT2D eigenvalue weighted by molar-refractivity contribution is 0.671. The molecule has 0 fully saturated rings. The minimum absolute atomic E-state index is 0.650. The van der Waals surface area contributed by atoms with E-state index in [1.807, 2.05) is 24.5 Å². The van der Waals surface area contributed by atoms with Gasteiger partial charge in [-0.15, -0.1) is 0 Å². The number of nitrogens with zero attached hydrogens (tertiary/aromatic N) is 4. The summed E-state index contributed by atoms with van der Waals surface area (Å²) in [5, 5.41) is 9.64. The molecule has 0 unspecified atom stereocenters. The molecule has 5 heteroatoms. The summed E-state index contributed by atoms with van der Waals surface area (Å²) in [5.41, 5.74) is 10.9. The van der Waals surface area contributed by atoms with Gasteiger partial charge in [-0.1, -0.05) is 158 Å². The van der Waals surface area contributed by atoms with Crippen LogP contribution in [0.3, 0.4) is 0 Å². The summed E-state index contributed by atoms with van der Waals surface area (Å²) >= 11 is 0. The molecule has 0 aliphatic carbocycles. The summed E-state index contributed by atoms with van der Waals surface area (Å²) in [7, 11) is 0. The van der Waals surface area contributed by atoms with E-state index in [1.165, 1.54) is 32.3 Å². The number of aromatic nitrogens is 4. The summed E-state index contributed by atoms with van der Waals surface area (Å²) < 4.78 is 8.91. The molecule has 3 heterocycles. The van der Waals surface area contributed by atoms with Crippen molar-refractivity contribution < 1.29 is 4.42 Å². The van der Waals surface area contributed by atoms with E-state index in [1.54, 1.807) is 0 Å². The van der Waals surface area contributed by atoms with E-state index in [9.17, 15) is 0 Å². The predicted octanol–water partition coefficient (Wildman–Crippen LogP) is 13.8. The SMILES string of the molecule is c1ccc(-c2cccc3c2oc2c(-c4ccc(-c5ncc(-c6nc7ccccc7n6-c6ccc7c8ccccc8c8ccccc8c7c6)cn5)cc4)cccc23)cc1. The van der Waals surface area contributed by atoms with Crippen molar-refractivity contribution in [3.05, 3.63) is 194 Å². The van der Waals surface area contributed by atoms with Gasteiger partial charge in [0.1, 0.15) is 17.0 Å². The number of hydrogen-bond donors (Lipinski definition) is 0. The van der Waals surface area contributed by atoms with Crippen molar-refractivity contribution in [2.45, 2.75) is 0 Å². The highest BCUT2D eigenvalue weighted by atomic mass is 16.3. The predicted molar refractivity (Wildman–Crippen MR) is 238 cm³/mol. The van der Waals surface area contributed by atoms with Crippen LogP contribution in [0.2, 0.25) is 0 Å². The van der Waals surface area contributed by atoms with Gasteiger partial charge in [-0.2, -0.15) is 0 Å². The lowest BCUT2D eigenvalue weighted by Gasteiger charge is -2.14. The van der Waals surface area contributed by atoms with E-state index >= 15 is 0 Å². The molecule has 58 heavy (non-hydrogen) atoms. The van der Waals surface area contributed by atoms with Gasteiger partial charge in [0.15, 0.2) is 5.82 Å². The Kier molecular flexibility index (Phi) is 7.16. The van der Waals surface area contributed by atoms with E-state index in [0.29, 0.717) is 5.82 Å². The first-order valence-electron chi connectivity index (χ1n) is 19.5. The van der Waals surface area contributed by atoms with E-state index in [-0.39, 0.29) is 0 Å². The number of furan rings is 1. The highest BCUT2D eigenvalue weighted by molar-refractivity contribution is 6.25. The summed E-state index contributed by atoms with van der Waals surface area (Å²) in [5.74, 6) is 1.44. The lowest BCUT2D eigenvalue weighted by Crippen LogP contribution is -1.99. The average Bonchev–Trinajstić information content (AvgIpc) is 3.89. The first kappa shape index (κ1) is 32.4. The van der Waals surface area contributed by atoms with Crippen LogP contribution in [0.15, 0.2) is 199 Å². The van der Waals surface area contributed by atoms with Crippen LogP contribution >= 0.6 is 0 Å². The maximum absolute atomic E-state index is 6.68. The number of para-hydroxylation sites is 4. The van der Waals surface area contributed by atoms with E-state index in [0.717, 1.165) is 77.9 Å². The van der Waals surface area contributed by atoms with Crippen molar-refractivity contribution in [3.8, 4) is 50.7 Å². The van der Waals surface area contributed by atoms with Gasteiger partial charge in [-0.3, -0.25) is 4.57 Å². The van der Waals surface area contributed by atoms with Crippen molar-refractivity contribution >= 4 is 65.3 Å². The molecule has 0 saturated heterocycles. The number of fused-ring (bicyclic) bond motifs is 10. The largest absolute Gasteiger partial charge is 0.455 e. The van der Waals surface area contributed by atoms with Crippen molar-refractivity contribution in [3.63, 3.8) is 0 Å². The second-order valence-corrected chi connectivity index (χ2v) is 14.8. The quantitative estimate of drug-likeness (QED) is 0.165. The maximum Gasteiger partial charge on any atom is 0.159 e. The number of rotatable bonds is 5. The molecule has 9 aromatic carbocycles. The molecule has 5 nitrogen and oxygen atoms in total. The molecule has 12 aromatic rings. The molecule has 0 N–H and O–H groups in total. The smallest absolute Gasteiger partial charge is 0.159 e. The van der Waals surface area contributed by atoms with Crippen LogP contribution in [0.5, 0.6) is 0 Å². The lowest BCUT2D eigenvalue weighted by atomic mass is 9.94. The first-order chi connectivity index (χ1) is 28.8. The minimum Gasteiger partial charge on any atom is -0.455 e. The zero-order chi connectivity index (χ0) is 38.2. The Morgan fingerprint density at radius 2 is 0.897 bits per heavy atom. The third-order valence-electron chi connectivity index (χ3n) is 11.5. The molecule has 0 atom stereocenters. The van der Waals surface area contributed by atoms with Crippen LogP contribution in [0.25, 0.3) is 116 Å². The first-order valence-corrected chi connectivity index (χ1v) is 19.5. The minimum atomic E-state index is 0.650. The molecule has 0 radical (unpaired) electrons. The molecule has 0 spiro atoms. The Morgan fingerprint density at radius 3 is 1.55 bits per heavy atom. The number of imidazole rings is 1. The van der Waals surface area contributed by atoms with Gasteiger partial charge in [0.25, 0.3) is 0 Å². The van der Waals surface area contributed by atoms with Crippen LogP contribution in [0.1, 0.15) is 0 Å². The average molecular weight is 741 g/mol. The third kappa shape index (κ3) is 5.00. The van der Waals surface area contributed by atoms with Crippen LogP contribution in [0, 0.1) is 0 Å². The molecule has 3 aromatic heterocycles. The Hall–Kier alpha value is -7.89. The van der Waals surface area contributed by atoms with Crippen LogP contribution < -0.4 is 0 Å². The second-order valence-electron chi connectivity index (χ2n) is 14.8. The molecule has 0 aliphatic heterocycles. The Balaban J connectivity index is 0.916. The van der Waals surface area contributed by atoms with Crippen molar-refractivity contribution in [2.75, 3.05) is 0 Å². The monoisotopic (exact) mass is 740 g/mol. The summed E-state index contributed by atoms with van der Waals surface area (Å²) in [6.07, 6.45) is 3.77. The number of benzene rings is 9. The van der Waals surface area contributed by atoms with Crippen molar-refractivity contribution in [1.82, 2.24) is 19.5 Å². The zero-order valence-corrected chi connectivity index (χ0v) is 31.2. The standard InChI is InChI=1S/C53H32N4O/c1-2-12-33(13-3-1)38-18-10-20-45-46-21-11-19-39(51(46)58-50(38)45)34-24-26-35(27-25-34)52-54-31-36(32-55-52)53-56-48-22-8-9-23-49(48)57(53)37-28-29-44-42-16-5-4-14-40(42)41-15-6-7-17-43(41)47(44)30-37/h1-32H. The van der Waals surface area contributed by atoms with Crippen molar-refractivity contribution in [2.24, 2.45) is 0 Å². The van der Waals surface area contributed by atoms with Crippen LogP contribution in [-0.2, 0) is 0 Å². The van der Waals surface area contributed by atoms with Gasteiger partial charge >= 0.3 is 0 Å². The second kappa shape index (κ2) is 12.8. The summed E-state index contributed by atoms with van der Waals surface area (Å²) in [6, 6.07) is 63.9. The molecular formula is C53H32N4O. The normalized spacial score (nSPS) is 11.8. The fraction of sp³-hybridized carbons (Fsp3) is 0. The molecule has 0 amide bonds. The molecule has 12 rings (SSSR count). The third-order valence-corrected chi connectivity index (χ3v) is 11.5. The highest BCUT2D eigenvalue weighted by Crippen LogP contribution is 2.41. The van der Waals surface area contributed by atoms with Gasteiger partial charge in [0, 0.05) is 45.5 Å². The highest BCUT2D eigenvalue weighted by Gasteiger charge is 2.19. The molecule has 0 saturated carbocycles. The Bertz CT molecular complexity index is 3510. The van der Waals surface area contributed by atoms with E-state index < -0.39 is 0 Å². The number of hydrogen-bond acceptors (Lipinski definition) is 4. The van der Waals surface area contributed by atoms with Gasteiger partial charge in [0.2, 0.25) is 0 Å². The summed E-state index contributed by atoms with van der Waals surface area (Å²) in [6.45, 7) is 0. The molecule has 270 valence electrons. The fourth-order valence-corrected chi connectivity index (χ4v) is 8.80. The van der Waals surface area contributed by atoms with Crippen LogP contribution in [0.4, 0.5) is 0 Å². The molecule has 0 aliphatic rings.